The molecule has 0 aliphatic heterocycles. The zero-order valence-electron chi connectivity index (χ0n) is 17.2. The van der Waals surface area contributed by atoms with Crippen LogP contribution in [-0.2, 0) is 16.6 Å². The summed E-state index contributed by atoms with van der Waals surface area (Å²) in [6.45, 7) is 0.906. The van der Waals surface area contributed by atoms with E-state index in [1.54, 1.807) is 6.20 Å². The Labute approximate surface area is 178 Å². The van der Waals surface area contributed by atoms with Crippen LogP contribution in [0.1, 0.15) is 36.0 Å². The van der Waals surface area contributed by atoms with Crippen molar-refractivity contribution in [3.05, 3.63) is 102 Å². The number of rotatable bonds is 8. The first-order valence-electron chi connectivity index (χ1n) is 10.7. The third kappa shape index (κ3) is 4.01. The van der Waals surface area contributed by atoms with Gasteiger partial charge < -0.3 is 11.1 Å². The van der Waals surface area contributed by atoms with Gasteiger partial charge in [-0.05, 0) is 60.9 Å². The number of primary amides is 1. The van der Waals surface area contributed by atoms with Crippen molar-refractivity contribution in [1.82, 2.24) is 10.3 Å². The van der Waals surface area contributed by atoms with Crippen molar-refractivity contribution in [2.24, 2.45) is 11.7 Å². The first-order valence-corrected chi connectivity index (χ1v) is 10.7. The van der Waals surface area contributed by atoms with Gasteiger partial charge in [-0.2, -0.15) is 0 Å². The quantitative estimate of drug-likeness (QED) is 0.604. The fraction of sp³-hybridized carbons (Fsp3) is 0.308. The topological polar surface area (TPSA) is 68.0 Å². The van der Waals surface area contributed by atoms with Crippen LogP contribution < -0.4 is 11.1 Å². The first-order chi connectivity index (χ1) is 14.7. The number of hydrogen-bond donors (Lipinski definition) is 2. The Morgan fingerprint density at radius 3 is 2.20 bits per heavy atom. The van der Waals surface area contributed by atoms with E-state index in [2.05, 4.69) is 16.4 Å². The molecule has 154 valence electrons. The molecule has 1 aliphatic rings. The lowest BCUT2D eigenvalue weighted by Gasteiger charge is -2.37. The average molecular weight is 400 g/mol. The Balaban J connectivity index is 1.56. The third-order valence-electron chi connectivity index (χ3n) is 6.46. The van der Waals surface area contributed by atoms with Crippen molar-refractivity contribution in [2.45, 2.75) is 37.1 Å². The summed E-state index contributed by atoms with van der Waals surface area (Å²) in [5.74, 6) is -0.100. The van der Waals surface area contributed by atoms with E-state index in [9.17, 15) is 4.79 Å². The standard InChI is InChI=1S/C26H29N3O/c27-25(30)26(21-9-3-1-4-10-21,22-11-5-2-6-12-22)23-13-14-24(18-23)29-17-15-20-8-7-16-28-19-20/h1-12,16,19,23-24,29H,13-15,17-18H2,(H2,27,30). The summed E-state index contributed by atoms with van der Waals surface area (Å²) in [5.41, 5.74) is 8.58. The van der Waals surface area contributed by atoms with Gasteiger partial charge in [-0.1, -0.05) is 66.7 Å². The molecule has 1 amide bonds. The minimum atomic E-state index is -0.803. The average Bonchev–Trinajstić information content (AvgIpc) is 3.25. The van der Waals surface area contributed by atoms with Crippen molar-refractivity contribution >= 4 is 5.91 Å². The highest BCUT2D eigenvalue weighted by atomic mass is 16.1. The molecule has 1 aromatic heterocycles. The van der Waals surface area contributed by atoms with Crippen LogP contribution in [0.4, 0.5) is 0 Å². The fourth-order valence-electron chi connectivity index (χ4n) is 5.05. The normalized spacial score (nSPS) is 18.9. The second-order valence-electron chi connectivity index (χ2n) is 8.18. The van der Waals surface area contributed by atoms with E-state index >= 15 is 0 Å². The smallest absolute Gasteiger partial charge is 0.232 e. The third-order valence-corrected chi connectivity index (χ3v) is 6.46. The summed E-state index contributed by atoms with van der Waals surface area (Å²) in [5, 5.41) is 3.69. The number of pyridine rings is 1. The molecule has 2 unspecified atom stereocenters. The maximum Gasteiger partial charge on any atom is 0.232 e. The van der Waals surface area contributed by atoms with Crippen LogP contribution >= 0.6 is 0 Å². The number of aromatic nitrogens is 1. The van der Waals surface area contributed by atoms with E-state index in [0.29, 0.717) is 6.04 Å². The Kier molecular flexibility index (Phi) is 6.24. The van der Waals surface area contributed by atoms with Crippen molar-refractivity contribution in [3.63, 3.8) is 0 Å². The van der Waals surface area contributed by atoms with Gasteiger partial charge in [-0.25, -0.2) is 0 Å². The summed E-state index contributed by atoms with van der Waals surface area (Å²) < 4.78 is 0. The fourth-order valence-corrected chi connectivity index (χ4v) is 5.05. The molecule has 0 radical (unpaired) electrons. The molecular formula is C26H29N3O. The maximum absolute atomic E-state index is 13.1. The minimum absolute atomic E-state index is 0.163. The SMILES string of the molecule is NC(=O)C(c1ccccc1)(c1ccccc1)C1CCC(NCCc2cccnc2)C1. The summed E-state index contributed by atoms with van der Waals surface area (Å²) in [6, 6.07) is 24.6. The summed E-state index contributed by atoms with van der Waals surface area (Å²) in [7, 11) is 0. The number of amides is 1. The minimum Gasteiger partial charge on any atom is -0.369 e. The lowest BCUT2D eigenvalue weighted by Crippen LogP contribution is -2.48. The Morgan fingerprint density at radius 1 is 0.967 bits per heavy atom. The first kappa shape index (κ1) is 20.3. The van der Waals surface area contributed by atoms with E-state index in [4.69, 9.17) is 5.73 Å². The molecule has 4 heteroatoms. The zero-order valence-corrected chi connectivity index (χ0v) is 17.2. The Hall–Kier alpha value is -2.98. The molecule has 2 atom stereocenters. The second-order valence-corrected chi connectivity index (χ2v) is 8.18. The van der Waals surface area contributed by atoms with Gasteiger partial charge in [-0.15, -0.1) is 0 Å². The van der Waals surface area contributed by atoms with Gasteiger partial charge in [0.1, 0.15) is 5.41 Å². The molecule has 1 fully saturated rings. The highest BCUT2D eigenvalue weighted by Crippen LogP contribution is 2.46. The van der Waals surface area contributed by atoms with Gasteiger partial charge in [0.15, 0.2) is 0 Å². The molecule has 0 saturated heterocycles. The van der Waals surface area contributed by atoms with Crippen LogP contribution in [0, 0.1) is 5.92 Å². The van der Waals surface area contributed by atoms with Crippen LogP contribution in [0.25, 0.3) is 0 Å². The van der Waals surface area contributed by atoms with Crippen molar-refractivity contribution < 1.29 is 4.79 Å². The number of nitrogens with zero attached hydrogens (tertiary/aromatic N) is 1. The van der Waals surface area contributed by atoms with Gasteiger partial charge in [0.2, 0.25) is 5.91 Å². The predicted octanol–water partition coefficient (Wildman–Crippen LogP) is 3.85. The molecule has 4 rings (SSSR count). The summed E-state index contributed by atoms with van der Waals surface area (Å²) >= 11 is 0. The lowest BCUT2D eigenvalue weighted by atomic mass is 9.64. The van der Waals surface area contributed by atoms with E-state index in [1.807, 2.05) is 72.9 Å². The van der Waals surface area contributed by atoms with Crippen LogP contribution in [0.15, 0.2) is 85.2 Å². The molecule has 4 nitrogen and oxygen atoms in total. The number of carbonyl (C=O) groups is 1. The highest BCUT2D eigenvalue weighted by Gasteiger charge is 2.49. The number of carbonyl (C=O) groups excluding carboxylic acids is 1. The summed E-state index contributed by atoms with van der Waals surface area (Å²) in [6.07, 6.45) is 7.62. The van der Waals surface area contributed by atoms with Crippen LogP contribution in [-0.4, -0.2) is 23.5 Å². The van der Waals surface area contributed by atoms with Crippen molar-refractivity contribution in [1.29, 1.82) is 0 Å². The largest absolute Gasteiger partial charge is 0.369 e. The molecule has 1 saturated carbocycles. The number of benzene rings is 2. The second kappa shape index (κ2) is 9.23. The van der Waals surface area contributed by atoms with Gasteiger partial charge >= 0.3 is 0 Å². The molecule has 1 aliphatic carbocycles. The molecule has 0 spiro atoms. The Morgan fingerprint density at radius 2 is 1.63 bits per heavy atom. The molecular weight excluding hydrogens is 370 g/mol. The van der Waals surface area contributed by atoms with Crippen LogP contribution in [0.5, 0.6) is 0 Å². The lowest BCUT2D eigenvalue weighted by molar-refractivity contribution is -0.123. The number of hydrogen-bond acceptors (Lipinski definition) is 3. The number of nitrogens with one attached hydrogen (secondary N) is 1. The van der Waals surface area contributed by atoms with E-state index in [0.717, 1.165) is 43.4 Å². The van der Waals surface area contributed by atoms with Crippen LogP contribution in [0.2, 0.25) is 0 Å². The molecule has 30 heavy (non-hydrogen) atoms. The van der Waals surface area contributed by atoms with Gasteiger partial charge in [0, 0.05) is 18.4 Å². The van der Waals surface area contributed by atoms with Gasteiger partial charge in [-0.3, -0.25) is 9.78 Å². The van der Waals surface area contributed by atoms with Crippen molar-refractivity contribution in [2.75, 3.05) is 6.54 Å². The summed E-state index contributed by atoms with van der Waals surface area (Å²) in [4.78, 5) is 17.3. The van der Waals surface area contributed by atoms with Crippen molar-refractivity contribution in [3.8, 4) is 0 Å². The van der Waals surface area contributed by atoms with E-state index in [1.165, 1.54) is 5.56 Å². The monoisotopic (exact) mass is 399 g/mol. The Bertz CT molecular complexity index is 904. The number of nitrogens with two attached hydrogens (primary N) is 1. The zero-order chi connectivity index (χ0) is 20.8. The van der Waals surface area contributed by atoms with Crippen LogP contribution in [0.3, 0.4) is 0 Å². The van der Waals surface area contributed by atoms with Gasteiger partial charge in [0.25, 0.3) is 0 Å². The van der Waals surface area contributed by atoms with E-state index < -0.39 is 5.41 Å². The molecule has 1 heterocycles. The predicted molar refractivity (Wildman–Crippen MR) is 120 cm³/mol. The molecule has 0 bridgehead atoms. The molecule has 3 aromatic rings. The van der Waals surface area contributed by atoms with E-state index in [-0.39, 0.29) is 11.8 Å². The maximum atomic E-state index is 13.1. The highest BCUT2D eigenvalue weighted by molar-refractivity contribution is 5.91. The molecule has 2 aromatic carbocycles. The molecule has 3 N–H and O–H groups in total. The van der Waals surface area contributed by atoms with Gasteiger partial charge in [0.05, 0.1) is 0 Å².